The van der Waals surface area contributed by atoms with Gasteiger partial charge in [0.05, 0.1) is 18.0 Å². The summed E-state index contributed by atoms with van der Waals surface area (Å²) < 4.78 is 7.85. The third-order valence-corrected chi connectivity index (χ3v) is 12.1. The van der Waals surface area contributed by atoms with Gasteiger partial charge in [0.15, 0.2) is 5.65 Å². The number of aromatic nitrogens is 4. The number of carbonyl (C=O) groups excluding carboxylic acids is 5. The van der Waals surface area contributed by atoms with Crippen LogP contribution in [0.2, 0.25) is 0 Å². The third-order valence-electron chi connectivity index (χ3n) is 12.1. The quantitative estimate of drug-likeness (QED) is 0.163. The lowest BCUT2D eigenvalue weighted by atomic mass is 10.0. The summed E-state index contributed by atoms with van der Waals surface area (Å²) in [6.07, 6.45) is 3.83. The van der Waals surface area contributed by atoms with E-state index in [1.807, 2.05) is 81.2 Å². The molecule has 3 saturated heterocycles. The lowest BCUT2D eigenvalue weighted by Gasteiger charge is -2.34. The third kappa shape index (κ3) is 8.44. The van der Waals surface area contributed by atoms with Crippen LogP contribution in [-0.4, -0.2) is 121 Å². The number of nitrogens with two attached hydrogens (primary N) is 1. The molecule has 6 heterocycles. The summed E-state index contributed by atoms with van der Waals surface area (Å²) in [5.41, 5.74) is 10.7. The number of ether oxygens (including phenoxy) is 1. The van der Waals surface area contributed by atoms with E-state index in [0.29, 0.717) is 92.6 Å². The van der Waals surface area contributed by atoms with Crippen molar-refractivity contribution in [3.63, 3.8) is 0 Å². The monoisotopic (exact) mass is 834 g/mol. The number of nitrogens with zero attached hydrogens (tertiary/aromatic N) is 8. The number of nitrogen functional groups attached to an aromatic ring is 1. The van der Waals surface area contributed by atoms with Crippen LogP contribution in [0, 0.1) is 11.8 Å². The first kappa shape index (κ1) is 40.3. The summed E-state index contributed by atoms with van der Waals surface area (Å²) in [4.78, 5) is 80.0. The van der Waals surface area contributed by atoms with Crippen molar-refractivity contribution in [2.75, 3.05) is 51.5 Å². The molecule has 62 heavy (non-hydrogen) atoms. The minimum absolute atomic E-state index is 0.0354. The topological polar surface area (TPSA) is 189 Å². The molecule has 0 radical (unpaired) electrons. The molecule has 9 rings (SSSR count). The Kier molecular flexibility index (Phi) is 11.4. The molecule has 0 saturated carbocycles. The van der Waals surface area contributed by atoms with E-state index < -0.39 is 11.9 Å². The number of para-hydroxylation sites is 1. The number of likely N-dealkylation sites (tertiary alicyclic amines) is 1. The summed E-state index contributed by atoms with van der Waals surface area (Å²) >= 11 is 0. The lowest BCUT2D eigenvalue weighted by molar-refractivity contribution is -0.138. The van der Waals surface area contributed by atoms with Crippen LogP contribution in [0.4, 0.5) is 5.82 Å². The fraction of sp³-hybridized carbons (Fsp3) is 0.348. The van der Waals surface area contributed by atoms with Crippen molar-refractivity contribution < 1.29 is 28.7 Å². The summed E-state index contributed by atoms with van der Waals surface area (Å²) in [7, 11) is 0. The molecule has 5 aromatic rings. The molecular weight excluding hydrogens is 789 g/mol. The standard InChI is InChI=1S/C46H46N10O6/c47-43-41-42(31-11-13-35(14-12-31)62-34-8-2-1-3-9-34)51-56(44(41)49-29-48-43)33-7-5-21-54(28-33)40(59)19-18-39(58)53-24-22-52(23-25-53)20-4-6-30-10-15-36-32(26-30)27-55(46(36)61)37-16-17-38(57)50-45(37)60/h1-3,8-15,26,29,33,37H,5,7,16-25,27-28H2,(H2,47,48,49)(H,50,57,60)/t33-,37?/m1/s1. The molecule has 0 bridgehead atoms. The molecular formula is C46H46N10O6. The number of benzene rings is 3. The van der Waals surface area contributed by atoms with Gasteiger partial charge in [-0.3, -0.25) is 34.2 Å². The fourth-order valence-electron chi connectivity index (χ4n) is 8.73. The zero-order valence-corrected chi connectivity index (χ0v) is 34.2. The van der Waals surface area contributed by atoms with E-state index in [2.05, 4.69) is 32.0 Å². The van der Waals surface area contributed by atoms with Crippen LogP contribution in [0.3, 0.4) is 0 Å². The van der Waals surface area contributed by atoms with Gasteiger partial charge in [-0.2, -0.15) is 5.10 Å². The summed E-state index contributed by atoms with van der Waals surface area (Å²) in [5.74, 6) is 7.13. The maximum Gasteiger partial charge on any atom is 0.255 e. The summed E-state index contributed by atoms with van der Waals surface area (Å²) in [5, 5.41) is 8.00. The van der Waals surface area contributed by atoms with E-state index >= 15 is 0 Å². The van der Waals surface area contributed by atoms with Crippen molar-refractivity contribution in [3.05, 3.63) is 95.8 Å². The van der Waals surface area contributed by atoms with Crippen molar-refractivity contribution in [1.29, 1.82) is 0 Å². The summed E-state index contributed by atoms with van der Waals surface area (Å²) in [6, 6.07) is 21.9. The van der Waals surface area contributed by atoms with Crippen molar-refractivity contribution in [1.82, 2.24) is 44.7 Å². The van der Waals surface area contributed by atoms with Gasteiger partial charge in [0.1, 0.15) is 35.4 Å². The number of piperazine rings is 1. The molecule has 316 valence electrons. The number of imide groups is 1. The van der Waals surface area contributed by atoms with Gasteiger partial charge in [0, 0.05) is 81.8 Å². The number of piperidine rings is 2. The van der Waals surface area contributed by atoms with Gasteiger partial charge >= 0.3 is 0 Å². The zero-order valence-electron chi connectivity index (χ0n) is 34.2. The molecule has 16 nitrogen and oxygen atoms in total. The van der Waals surface area contributed by atoms with E-state index in [0.717, 1.165) is 35.3 Å². The first-order valence-corrected chi connectivity index (χ1v) is 21.0. The van der Waals surface area contributed by atoms with Crippen LogP contribution in [0.1, 0.15) is 66.1 Å². The van der Waals surface area contributed by atoms with Gasteiger partial charge in [0.25, 0.3) is 5.91 Å². The molecule has 3 aromatic carbocycles. The van der Waals surface area contributed by atoms with Gasteiger partial charge < -0.3 is 25.2 Å². The van der Waals surface area contributed by atoms with Gasteiger partial charge in [-0.15, -0.1) is 0 Å². The van der Waals surface area contributed by atoms with Crippen LogP contribution in [-0.2, 0) is 25.7 Å². The van der Waals surface area contributed by atoms with Crippen LogP contribution < -0.4 is 15.8 Å². The molecule has 4 aliphatic rings. The van der Waals surface area contributed by atoms with Crippen molar-refractivity contribution in [2.45, 2.75) is 57.2 Å². The number of hydrogen-bond acceptors (Lipinski definition) is 11. The maximum absolute atomic E-state index is 13.5. The number of fused-ring (bicyclic) bond motifs is 2. The van der Waals surface area contributed by atoms with Crippen LogP contribution in [0.15, 0.2) is 79.1 Å². The van der Waals surface area contributed by atoms with Crippen molar-refractivity contribution in [2.24, 2.45) is 0 Å². The molecule has 1 unspecified atom stereocenters. The molecule has 0 spiro atoms. The van der Waals surface area contributed by atoms with E-state index in [9.17, 15) is 24.0 Å². The number of anilines is 1. The Hall–Kier alpha value is -7.12. The summed E-state index contributed by atoms with van der Waals surface area (Å²) in [6.45, 7) is 4.33. The highest BCUT2D eigenvalue weighted by Crippen LogP contribution is 2.35. The Bertz CT molecular complexity index is 2610. The Morgan fingerprint density at radius 2 is 1.61 bits per heavy atom. The first-order chi connectivity index (χ1) is 30.2. The molecule has 5 amide bonds. The molecule has 0 aliphatic carbocycles. The van der Waals surface area contributed by atoms with Crippen LogP contribution >= 0.6 is 0 Å². The van der Waals surface area contributed by atoms with Gasteiger partial charge in [-0.25, -0.2) is 14.6 Å². The molecule has 2 atom stereocenters. The SMILES string of the molecule is Nc1ncnc2c1c(-c1ccc(Oc3ccccc3)cc1)nn2[C@@H]1CCCN(C(=O)CCC(=O)N2CCN(CC#Cc3ccc4c(c3)CN(C3CCC(=O)NC3=O)C4=O)CC2)C1. The predicted molar refractivity (Wildman–Crippen MR) is 228 cm³/mol. The van der Waals surface area contributed by atoms with Crippen molar-refractivity contribution >= 4 is 46.4 Å². The van der Waals surface area contributed by atoms with Crippen LogP contribution in [0.25, 0.3) is 22.3 Å². The highest BCUT2D eigenvalue weighted by atomic mass is 16.5. The molecule has 4 aliphatic heterocycles. The second kappa shape index (κ2) is 17.5. The van der Waals surface area contributed by atoms with E-state index in [1.54, 1.807) is 6.07 Å². The largest absolute Gasteiger partial charge is 0.457 e. The number of hydrogen-bond donors (Lipinski definition) is 2. The predicted octanol–water partition coefficient (Wildman–Crippen LogP) is 3.77. The van der Waals surface area contributed by atoms with Gasteiger partial charge in [-0.05, 0) is 79.4 Å². The number of carbonyl (C=O) groups is 5. The Labute approximate surface area is 358 Å². The van der Waals surface area contributed by atoms with E-state index in [-0.39, 0.29) is 48.9 Å². The molecule has 3 fully saturated rings. The highest BCUT2D eigenvalue weighted by molar-refractivity contribution is 6.05. The van der Waals surface area contributed by atoms with E-state index in [4.69, 9.17) is 15.6 Å². The highest BCUT2D eigenvalue weighted by Gasteiger charge is 2.39. The minimum Gasteiger partial charge on any atom is -0.457 e. The number of nitrogens with one attached hydrogen (secondary N) is 1. The number of rotatable bonds is 9. The second-order valence-electron chi connectivity index (χ2n) is 16.1. The molecule has 2 aromatic heterocycles. The van der Waals surface area contributed by atoms with Gasteiger partial charge in [0.2, 0.25) is 23.6 Å². The molecule has 3 N–H and O–H groups in total. The average Bonchev–Trinajstić information content (AvgIpc) is 3.84. The smallest absolute Gasteiger partial charge is 0.255 e. The second-order valence-corrected chi connectivity index (χ2v) is 16.1. The van der Waals surface area contributed by atoms with Crippen molar-refractivity contribution in [3.8, 4) is 34.6 Å². The minimum atomic E-state index is -0.657. The van der Waals surface area contributed by atoms with E-state index in [1.165, 1.54) is 11.2 Å². The maximum atomic E-state index is 13.5. The lowest BCUT2D eigenvalue weighted by Crippen LogP contribution is -2.52. The van der Waals surface area contributed by atoms with Gasteiger partial charge in [-0.1, -0.05) is 30.0 Å². The normalized spacial score (nSPS) is 19.2. The molecule has 16 heteroatoms. The Morgan fingerprint density at radius 3 is 2.39 bits per heavy atom. The Morgan fingerprint density at radius 1 is 0.855 bits per heavy atom. The fourth-order valence-corrected chi connectivity index (χ4v) is 8.73. The Balaban J connectivity index is 0.755. The van der Waals surface area contributed by atoms with Crippen LogP contribution in [0.5, 0.6) is 11.5 Å². The average molecular weight is 835 g/mol. The first-order valence-electron chi connectivity index (χ1n) is 21.0. The zero-order chi connectivity index (χ0) is 42.7. The number of amides is 5.